The van der Waals surface area contributed by atoms with Crippen LogP contribution in [0.15, 0.2) is 0 Å². The summed E-state index contributed by atoms with van der Waals surface area (Å²) in [7, 11) is 4.14. The van der Waals surface area contributed by atoms with Crippen molar-refractivity contribution in [1.29, 1.82) is 0 Å². The highest BCUT2D eigenvalue weighted by Crippen LogP contribution is 2.15. The Labute approximate surface area is 147 Å². The molecule has 0 aliphatic carbocycles. The van der Waals surface area contributed by atoms with E-state index in [0.29, 0.717) is 6.04 Å². The van der Waals surface area contributed by atoms with Crippen molar-refractivity contribution in [2.75, 3.05) is 14.1 Å². The third-order valence-electron chi connectivity index (χ3n) is 5.07. The Morgan fingerprint density at radius 2 is 1.00 bits per heavy atom. The van der Waals surface area contributed by atoms with E-state index in [9.17, 15) is 5.11 Å². The van der Waals surface area contributed by atoms with E-state index < -0.39 is 0 Å². The molecular weight excluding hydrogens is 282 g/mol. The minimum Gasteiger partial charge on any atom is -0.392 e. The second-order valence-electron chi connectivity index (χ2n) is 7.66. The zero-order valence-corrected chi connectivity index (χ0v) is 16.7. The average Bonchev–Trinajstić information content (AvgIpc) is 2.50. The van der Waals surface area contributed by atoms with Crippen LogP contribution in [0.25, 0.3) is 0 Å². The molecule has 2 unspecified atom stereocenters. The lowest BCUT2D eigenvalue weighted by molar-refractivity contribution is 0.0834. The highest BCUT2D eigenvalue weighted by atomic mass is 16.3. The molecule has 0 saturated carbocycles. The van der Waals surface area contributed by atoms with E-state index in [-0.39, 0.29) is 6.10 Å². The summed E-state index contributed by atoms with van der Waals surface area (Å²) in [5.41, 5.74) is 0. The molecule has 0 aromatic heterocycles. The second-order valence-corrected chi connectivity index (χ2v) is 7.66. The molecule has 0 aromatic rings. The van der Waals surface area contributed by atoms with Crippen molar-refractivity contribution < 1.29 is 5.11 Å². The van der Waals surface area contributed by atoms with Gasteiger partial charge in [0.1, 0.15) is 0 Å². The maximum atomic E-state index is 9.74. The topological polar surface area (TPSA) is 23.5 Å². The summed E-state index contributed by atoms with van der Waals surface area (Å²) in [6.45, 7) is 4.20. The van der Waals surface area contributed by atoms with Crippen LogP contribution >= 0.6 is 0 Å². The largest absolute Gasteiger partial charge is 0.392 e. The van der Waals surface area contributed by atoms with E-state index in [1.807, 2.05) is 6.92 Å². The van der Waals surface area contributed by atoms with Gasteiger partial charge in [0.25, 0.3) is 0 Å². The Kier molecular flexibility index (Phi) is 16.7. The Balaban J connectivity index is 3.21. The van der Waals surface area contributed by atoms with Gasteiger partial charge in [-0.3, -0.25) is 0 Å². The van der Waals surface area contributed by atoms with Gasteiger partial charge in [-0.2, -0.15) is 0 Å². The van der Waals surface area contributed by atoms with Crippen molar-refractivity contribution in [1.82, 2.24) is 4.90 Å². The molecule has 0 rings (SSSR count). The van der Waals surface area contributed by atoms with Crippen LogP contribution in [0.1, 0.15) is 110 Å². The maximum Gasteiger partial charge on any atom is 0.0667 e. The molecule has 140 valence electrons. The number of hydrogen-bond acceptors (Lipinski definition) is 2. The van der Waals surface area contributed by atoms with Crippen molar-refractivity contribution in [2.24, 2.45) is 0 Å². The van der Waals surface area contributed by atoms with Gasteiger partial charge < -0.3 is 10.0 Å². The van der Waals surface area contributed by atoms with Crippen LogP contribution in [0.4, 0.5) is 0 Å². The standard InChI is InChI=1S/C21H45NO/c1-5-6-7-8-9-10-11-12-13-14-15-16-17-18-19-21(20(2)23)22(3)4/h20-21,23H,5-19H2,1-4H3. The molecule has 0 fully saturated rings. The Morgan fingerprint density at radius 1 is 0.652 bits per heavy atom. The quantitative estimate of drug-likeness (QED) is 0.323. The first kappa shape index (κ1) is 22.9. The molecule has 23 heavy (non-hydrogen) atoms. The summed E-state index contributed by atoms with van der Waals surface area (Å²) in [4.78, 5) is 2.16. The lowest BCUT2D eigenvalue weighted by atomic mass is 10.0. The van der Waals surface area contributed by atoms with Crippen LogP contribution in [0.3, 0.4) is 0 Å². The van der Waals surface area contributed by atoms with E-state index in [2.05, 4.69) is 25.9 Å². The van der Waals surface area contributed by atoms with Gasteiger partial charge in [-0.15, -0.1) is 0 Å². The van der Waals surface area contributed by atoms with E-state index in [4.69, 9.17) is 0 Å². The van der Waals surface area contributed by atoms with Crippen molar-refractivity contribution in [2.45, 2.75) is 122 Å². The van der Waals surface area contributed by atoms with Gasteiger partial charge >= 0.3 is 0 Å². The second kappa shape index (κ2) is 16.8. The summed E-state index contributed by atoms with van der Waals surface area (Å²) in [5, 5.41) is 9.74. The lowest BCUT2D eigenvalue weighted by Gasteiger charge is -2.26. The lowest BCUT2D eigenvalue weighted by Crippen LogP contribution is -2.37. The van der Waals surface area contributed by atoms with Gasteiger partial charge in [-0.05, 0) is 27.4 Å². The van der Waals surface area contributed by atoms with Gasteiger partial charge in [0.05, 0.1) is 6.10 Å². The molecule has 0 amide bonds. The number of aliphatic hydroxyl groups excluding tert-OH is 1. The number of nitrogens with zero attached hydrogens (tertiary/aromatic N) is 1. The van der Waals surface area contributed by atoms with Gasteiger partial charge in [0.2, 0.25) is 0 Å². The summed E-state index contributed by atoms with van der Waals surface area (Å²) in [6.07, 6.45) is 20.6. The van der Waals surface area contributed by atoms with Crippen molar-refractivity contribution in [3.05, 3.63) is 0 Å². The van der Waals surface area contributed by atoms with Crippen molar-refractivity contribution in [3.63, 3.8) is 0 Å². The predicted molar refractivity (Wildman–Crippen MR) is 104 cm³/mol. The number of unbranched alkanes of at least 4 members (excludes halogenated alkanes) is 13. The Morgan fingerprint density at radius 3 is 1.30 bits per heavy atom. The van der Waals surface area contributed by atoms with Crippen molar-refractivity contribution >= 4 is 0 Å². The first-order chi connectivity index (χ1) is 11.1. The molecule has 1 N–H and O–H groups in total. The normalized spacial score (nSPS) is 14.3. The van der Waals surface area contributed by atoms with Crippen LogP contribution < -0.4 is 0 Å². The SMILES string of the molecule is CCCCCCCCCCCCCCCCC(C(C)O)N(C)C. The number of hydrogen-bond donors (Lipinski definition) is 1. The fraction of sp³-hybridized carbons (Fsp3) is 1.00. The molecule has 0 radical (unpaired) electrons. The number of likely N-dealkylation sites (N-methyl/N-ethyl adjacent to an activating group) is 1. The smallest absolute Gasteiger partial charge is 0.0667 e. The summed E-state index contributed by atoms with van der Waals surface area (Å²) in [6, 6.07) is 0.326. The van der Waals surface area contributed by atoms with Crippen LogP contribution in [-0.2, 0) is 0 Å². The van der Waals surface area contributed by atoms with Gasteiger partial charge in [0.15, 0.2) is 0 Å². The van der Waals surface area contributed by atoms with Crippen LogP contribution in [0, 0.1) is 0 Å². The van der Waals surface area contributed by atoms with Crippen LogP contribution in [0.5, 0.6) is 0 Å². The zero-order valence-electron chi connectivity index (χ0n) is 16.7. The number of rotatable bonds is 17. The van der Waals surface area contributed by atoms with E-state index >= 15 is 0 Å². The third kappa shape index (κ3) is 15.2. The fourth-order valence-electron chi connectivity index (χ4n) is 3.48. The molecular formula is C21H45NO. The van der Waals surface area contributed by atoms with E-state index in [1.54, 1.807) is 0 Å². The summed E-state index contributed by atoms with van der Waals surface area (Å²) >= 11 is 0. The highest BCUT2D eigenvalue weighted by Gasteiger charge is 2.16. The summed E-state index contributed by atoms with van der Waals surface area (Å²) in [5.74, 6) is 0. The molecule has 0 saturated heterocycles. The first-order valence-corrected chi connectivity index (χ1v) is 10.4. The molecule has 0 spiro atoms. The fourth-order valence-corrected chi connectivity index (χ4v) is 3.48. The highest BCUT2D eigenvalue weighted by molar-refractivity contribution is 4.71. The average molecular weight is 328 g/mol. The molecule has 0 heterocycles. The van der Waals surface area contributed by atoms with Gasteiger partial charge in [-0.1, -0.05) is 96.8 Å². The third-order valence-corrected chi connectivity index (χ3v) is 5.07. The minimum atomic E-state index is -0.216. The van der Waals surface area contributed by atoms with Crippen LogP contribution in [0.2, 0.25) is 0 Å². The molecule has 0 aliphatic rings. The monoisotopic (exact) mass is 327 g/mol. The molecule has 0 bridgehead atoms. The molecule has 0 aliphatic heterocycles. The zero-order chi connectivity index (χ0) is 17.3. The Hall–Kier alpha value is -0.0800. The first-order valence-electron chi connectivity index (χ1n) is 10.4. The van der Waals surface area contributed by atoms with E-state index in [0.717, 1.165) is 6.42 Å². The molecule has 2 atom stereocenters. The van der Waals surface area contributed by atoms with Gasteiger partial charge in [0, 0.05) is 6.04 Å². The van der Waals surface area contributed by atoms with Gasteiger partial charge in [-0.25, -0.2) is 0 Å². The molecule has 2 heteroatoms. The minimum absolute atomic E-state index is 0.216. The van der Waals surface area contributed by atoms with Crippen molar-refractivity contribution in [3.8, 4) is 0 Å². The predicted octanol–water partition coefficient (Wildman–Crippen LogP) is 6.17. The molecule has 2 nitrogen and oxygen atoms in total. The Bertz CT molecular complexity index is 220. The van der Waals surface area contributed by atoms with E-state index in [1.165, 1.54) is 89.9 Å². The number of aliphatic hydroxyl groups is 1. The van der Waals surface area contributed by atoms with Crippen LogP contribution in [-0.4, -0.2) is 36.2 Å². The molecule has 0 aromatic carbocycles. The maximum absolute atomic E-state index is 9.74. The summed E-state index contributed by atoms with van der Waals surface area (Å²) < 4.78 is 0.